The number of rotatable bonds is 4. The third-order valence-electron chi connectivity index (χ3n) is 4.18. The van der Waals surface area contributed by atoms with E-state index >= 15 is 0 Å². The molecule has 2 rings (SSSR count). The van der Waals surface area contributed by atoms with Crippen LogP contribution in [0.1, 0.15) is 26.2 Å². The number of likely N-dealkylation sites (tertiary alicyclic amines) is 2. The second kappa shape index (κ2) is 7.09. The highest BCUT2D eigenvalue weighted by molar-refractivity contribution is 5.83. The summed E-state index contributed by atoms with van der Waals surface area (Å²) in [6.45, 7) is 4.09. The van der Waals surface area contributed by atoms with Crippen LogP contribution in [0, 0.1) is 0 Å². The zero-order valence-electron chi connectivity index (χ0n) is 12.7. The van der Waals surface area contributed by atoms with Gasteiger partial charge in [0.1, 0.15) is 6.04 Å². The Morgan fingerprint density at radius 1 is 1.29 bits per heavy atom. The third-order valence-corrected chi connectivity index (χ3v) is 4.18. The Labute approximate surface area is 124 Å². The second-order valence-electron chi connectivity index (χ2n) is 5.55. The molecule has 2 heterocycles. The molecule has 0 bridgehead atoms. The molecule has 0 aliphatic carbocycles. The maximum Gasteiger partial charge on any atom is 0.326 e. The first kappa shape index (κ1) is 16.0. The van der Waals surface area contributed by atoms with E-state index in [1.807, 2.05) is 6.92 Å². The highest BCUT2D eigenvalue weighted by Gasteiger charge is 2.42. The van der Waals surface area contributed by atoms with Gasteiger partial charge in [-0.1, -0.05) is 0 Å². The summed E-state index contributed by atoms with van der Waals surface area (Å²) in [4.78, 5) is 27.1. The van der Waals surface area contributed by atoms with E-state index in [-0.39, 0.29) is 18.2 Å². The molecule has 0 aromatic heterocycles. The van der Waals surface area contributed by atoms with Crippen molar-refractivity contribution in [1.82, 2.24) is 9.80 Å². The minimum atomic E-state index is -0.971. The van der Waals surface area contributed by atoms with Crippen LogP contribution in [0.25, 0.3) is 0 Å². The van der Waals surface area contributed by atoms with Gasteiger partial charge in [0.2, 0.25) is 0 Å². The van der Waals surface area contributed by atoms with E-state index in [2.05, 4.69) is 0 Å². The Balaban J connectivity index is 2.02. The average molecular weight is 300 g/mol. The van der Waals surface area contributed by atoms with Crippen molar-refractivity contribution in [3.8, 4) is 0 Å². The summed E-state index contributed by atoms with van der Waals surface area (Å²) in [6.07, 6.45) is 2.02. The molecule has 7 heteroatoms. The summed E-state index contributed by atoms with van der Waals surface area (Å²) in [5, 5.41) is 9.29. The number of carbonyl (C=O) groups is 2. The molecule has 0 radical (unpaired) electrons. The van der Waals surface area contributed by atoms with Gasteiger partial charge in [0, 0.05) is 39.8 Å². The van der Waals surface area contributed by atoms with Crippen molar-refractivity contribution in [2.24, 2.45) is 0 Å². The molecule has 0 aromatic rings. The van der Waals surface area contributed by atoms with Gasteiger partial charge in [0.15, 0.2) is 0 Å². The van der Waals surface area contributed by atoms with Crippen molar-refractivity contribution in [3.63, 3.8) is 0 Å². The molecular weight excluding hydrogens is 276 g/mol. The van der Waals surface area contributed by atoms with Gasteiger partial charge >= 0.3 is 12.0 Å². The number of nitrogens with zero attached hydrogens (tertiary/aromatic N) is 2. The van der Waals surface area contributed by atoms with Crippen LogP contribution in [0.3, 0.4) is 0 Å². The molecule has 7 nitrogen and oxygen atoms in total. The van der Waals surface area contributed by atoms with E-state index in [1.54, 1.807) is 12.0 Å². The van der Waals surface area contributed by atoms with E-state index in [1.165, 1.54) is 4.90 Å². The molecule has 21 heavy (non-hydrogen) atoms. The van der Waals surface area contributed by atoms with Gasteiger partial charge in [0.25, 0.3) is 0 Å². The summed E-state index contributed by atoms with van der Waals surface area (Å²) >= 11 is 0. The minimum Gasteiger partial charge on any atom is -0.480 e. The number of piperidine rings is 1. The molecule has 2 amide bonds. The maximum atomic E-state index is 12.6. The largest absolute Gasteiger partial charge is 0.480 e. The lowest BCUT2D eigenvalue weighted by Crippen LogP contribution is -2.52. The number of hydrogen-bond acceptors (Lipinski definition) is 4. The molecule has 1 N–H and O–H groups in total. The van der Waals surface area contributed by atoms with Crippen molar-refractivity contribution in [1.29, 1.82) is 0 Å². The smallest absolute Gasteiger partial charge is 0.326 e. The Morgan fingerprint density at radius 2 is 2.05 bits per heavy atom. The fraction of sp³-hybridized carbons (Fsp3) is 0.857. The van der Waals surface area contributed by atoms with Gasteiger partial charge in [-0.25, -0.2) is 9.59 Å². The molecule has 2 fully saturated rings. The molecule has 0 aromatic carbocycles. The molecule has 3 unspecified atom stereocenters. The summed E-state index contributed by atoms with van der Waals surface area (Å²) in [6, 6.07) is -1.01. The molecule has 120 valence electrons. The lowest BCUT2D eigenvalue weighted by Gasteiger charge is -2.36. The van der Waals surface area contributed by atoms with Crippen molar-refractivity contribution in [2.45, 2.75) is 44.4 Å². The van der Waals surface area contributed by atoms with Crippen LogP contribution in [0.5, 0.6) is 0 Å². The lowest BCUT2D eigenvalue weighted by molar-refractivity contribution is -0.141. The number of methoxy groups -OCH3 is 1. The molecule has 3 atom stereocenters. The van der Waals surface area contributed by atoms with Gasteiger partial charge in [0.05, 0.1) is 12.2 Å². The Hall–Kier alpha value is -1.34. The van der Waals surface area contributed by atoms with Crippen LogP contribution in [0.2, 0.25) is 0 Å². The minimum absolute atomic E-state index is 0.0526. The van der Waals surface area contributed by atoms with Crippen LogP contribution < -0.4 is 0 Å². The normalized spacial score (nSPS) is 29.7. The van der Waals surface area contributed by atoms with E-state index in [0.717, 1.165) is 12.8 Å². The van der Waals surface area contributed by atoms with Crippen LogP contribution in [0.4, 0.5) is 4.79 Å². The summed E-state index contributed by atoms with van der Waals surface area (Å²) in [7, 11) is 1.55. The Kier molecular flexibility index (Phi) is 5.41. The van der Waals surface area contributed by atoms with Gasteiger partial charge in [-0.05, 0) is 19.8 Å². The van der Waals surface area contributed by atoms with Crippen molar-refractivity contribution in [3.05, 3.63) is 0 Å². The Bertz CT molecular complexity index is 388. The molecule has 2 saturated heterocycles. The maximum absolute atomic E-state index is 12.6. The quantitative estimate of drug-likeness (QED) is 0.830. The molecule has 2 aliphatic rings. The molecular formula is C14H24N2O5. The third kappa shape index (κ3) is 3.65. The van der Waals surface area contributed by atoms with Crippen molar-refractivity contribution in [2.75, 3.05) is 33.4 Å². The number of ether oxygens (including phenoxy) is 2. The number of carboxylic acid groups (broad SMARTS) is 1. The SMILES string of the molecule is CCOC1CCCN(C(=O)N2CC(OC)CC2C(=O)O)C1. The van der Waals surface area contributed by atoms with Crippen LogP contribution in [-0.2, 0) is 14.3 Å². The van der Waals surface area contributed by atoms with Gasteiger partial charge in [-0.2, -0.15) is 0 Å². The van der Waals surface area contributed by atoms with Gasteiger partial charge in [-0.3, -0.25) is 0 Å². The first-order valence-electron chi connectivity index (χ1n) is 7.49. The van der Waals surface area contributed by atoms with E-state index in [4.69, 9.17) is 9.47 Å². The topological polar surface area (TPSA) is 79.3 Å². The lowest BCUT2D eigenvalue weighted by atomic mass is 10.1. The van der Waals surface area contributed by atoms with E-state index in [0.29, 0.717) is 32.7 Å². The standard InChI is InChI=1S/C14H24N2O5/c1-3-21-10-5-4-6-15(8-10)14(19)16-9-11(20-2)7-12(16)13(17)18/h10-12H,3-9H2,1-2H3,(H,17,18). The van der Waals surface area contributed by atoms with Crippen LogP contribution in [0.15, 0.2) is 0 Å². The highest BCUT2D eigenvalue weighted by atomic mass is 16.5. The summed E-state index contributed by atoms with van der Waals surface area (Å²) < 4.78 is 10.8. The summed E-state index contributed by atoms with van der Waals surface area (Å²) in [5.74, 6) is -0.971. The summed E-state index contributed by atoms with van der Waals surface area (Å²) in [5.41, 5.74) is 0. The average Bonchev–Trinajstić information content (AvgIpc) is 2.91. The van der Waals surface area contributed by atoms with Crippen molar-refractivity contribution < 1.29 is 24.2 Å². The Morgan fingerprint density at radius 3 is 2.67 bits per heavy atom. The molecule has 0 saturated carbocycles. The predicted molar refractivity (Wildman–Crippen MR) is 75.2 cm³/mol. The first-order chi connectivity index (χ1) is 10.1. The van der Waals surface area contributed by atoms with Gasteiger partial charge < -0.3 is 24.4 Å². The zero-order chi connectivity index (χ0) is 15.4. The molecule has 2 aliphatic heterocycles. The number of carbonyl (C=O) groups excluding carboxylic acids is 1. The van der Waals surface area contributed by atoms with E-state index < -0.39 is 12.0 Å². The fourth-order valence-electron chi connectivity index (χ4n) is 3.08. The van der Waals surface area contributed by atoms with E-state index in [9.17, 15) is 14.7 Å². The number of urea groups is 1. The zero-order valence-corrected chi connectivity index (χ0v) is 12.7. The number of hydrogen-bond donors (Lipinski definition) is 1. The predicted octanol–water partition coefficient (Wildman–Crippen LogP) is 0.781. The van der Waals surface area contributed by atoms with Gasteiger partial charge in [-0.15, -0.1) is 0 Å². The first-order valence-corrected chi connectivity index (χ1v) is 7.49. The number of carboxylic acids is 1. The fourth-order valence-corrected chi connectivity index (χ4v) is 3.08. The highest BCUT2D eigenvalue weighted by Crippen LogP contribution is 2.23. The number of amides is 2. The number of aliphatic carboxylic acids is 1. The second-order valence-corrected chi connectivity index (χ2v) is 5.55. The monoisotopic (exact) mass is 300 g/mol. The molecule has 0 spiro atoms. The van der Waals surface area contributed by atoms with Crippen LogP contribution >= 0.6 is 0 Å². The van der Waals surface area contributed by atoms with Crippen LogP contribution in [-0.4, -0.2) is 78.5 Å². The van der Waals surface area contributed by atoms with Crippen molar-refractivity contribution >= 4 is 12.0 Å².